The van der Waals surface area contributed by atoms with Gasteiger partial charge in [0.15, 0.2) is 0 Å². The van der Waals surface area contributed by atoms with Crippen LogP contribution in [-0.4, -0.2) is 18.5 Å². The molecule has 1 amide bonds. The molecule has 3 fully saturated rings. The van der Waals surface area contributed by atoms with E-state index < -0.39 is 0 Å². The van der Waals surface area contributed by atoms with E-state index in [4.69, 9.17) is 5.73 Å². The van der Waals surface area contributed by atoms with Crippen molar-refractivity contribution in [2.75, 3.05) is 6.54 Å². The third-order valence-corrected chi connectivity index (χ3v) is 6.10. The predicted octanol–water partition coefficient (Wildman–Crippen LogP) is 2.30. The van der Waals surface area contributed by atoms with Gasteiger partial charge in [0, 0.05) is 12.0 Å². The zero-order valence-corrected chi connectivity index (χ0v) is 12.1. The SMILES string of the molecule is CC(NC(=O)C1CCCC1CN)C1CC2CCC1C2. The highest BCUT2D eigenvalue weighted by Crippen LogP contribution is 2.49. The van der Waals surface area contributed by atoms with E-state index in [9.17, 15) is 4.79 Å². The van der Waals surface area contributed by atoms with Crippen molar-refractivity contribution in [2.24, 2.45) is 35.3 Å². The second kappa shape index (κ2) is 5.43. The van der Waals surface area contributed by atoms with Crippen LogP contribution in [0, 0.1) is 29.6 Å². The number of carbonyl (C=O) groups excluding carboxylic acids is 1. The monoisotopic (exact) mass is 264 g/mol. The fourth-order valence-electron chi connectivity index (χ4n) is 5.01. The number of nitrogens with one attached hydrogen (secondary N) is 1. The number of fused-ring (bicyclic) bond motifs is 2. The van der Waals surface area contributed by atoms with Gasteiger partial charge >= 0.3 is 0 Å². The average Bonchev–Trinajstić information content (AvgIpc) is 3.13. The lowest BCUT2D eigenvalue weighted by Crippen LogP contribution is -2.44. The lowest BCUT2D eigenvalue weighted by molar-refractivity contribution is -0.127. The minimum atomic E-state index is 0.186. The Kier molecular flexibility index (Phi) is 3.84. The molecule has 0 aromatic carbocycles. The second-order valence-electron chi connectivity index (χ2n) is 7.17. The van der Waals surface area contributed by atoms with Crippen molar-refractivity contribution >= 4 is 5.91 Å². The number of nitrogens with two attached hydrogens (primary N) is 1. The fraction of sp³-hybridized carbons (Fsp3) is 0.938. The molecule has 108 valence electrons. The maximum Gasteiger partial charge on any atom is 0.223 e. The molecule has 0 spiro atoms. The predicted molar refractivity (Wildman–Crippen MR) is 76.4 cm³/mol. The molecule has 3 nitrogen and oxygen atoms in total. The van der Waals surface area contributed by atoms with Gasteiger partial charge in [0.25, 0.3) is 0 Å². The lowest BCUT2D eigenvalue weighted by Gasteiger charge is -2.30. The van der Waals surface area contributed by atoms with Gasteiger partial charge in [-0.2, -0.15) is 0 Å². The van der Waals surface area contributed by atoms with Gasteiger partial charge in [-0.25, -0.2) is 0 Å². The van der Waals surface area contributed by atoms with Crippen LogP contribution in [0.4, 0.5) is 0 Å². The van der Waals surface area contributed by atoms with E-state index in [1.807, 2.05) is 0 Å². The van der Waals surface area contributed by atoms with Crippen LogP contribution in [0.25, 0.3) is 0 Å². The van der Waals surface area contributed by atoms with Crippen LogP contribution in [0.5, 0.6) is 0 Å². The molecule has 6 atom stereocenters. The normalized spacial score (nSPS) is 42.5. The average molecular weight is 264 g/mol. The zero-order valence-electron chi connectivity index (χ0n) is 12.1. The Morgan fingerprint density at radius 3 is 2.74 bits per heavy atom. The van der Waals surface area contributed by atoms with Crippen LogP contribution in [0.1, 0.15) is 51.9 Å². The summed E-state index contributed by atoms with van der Waals surface area (Å²) in [4.78, 5) is 12.4. The van der Waals surface area contributed by atoms with Gasteiger partial charge in [-0.3, -0.25) is 4.79 Å². The molecule has 0 aliphatic heterocycles. The third kappa shape index (κ3) is 2.54. The summed E-state index contributed by atoms with van der Waals surface area (Å²) in [6.45, 7) is 2.89. The van der Waals surface area contributed by atoms with Crippen LogP contribution in [0.2, 0.25) is 0 Å². The molecule has 0 radical (unpaired) electrons. The van der Waals surface area contributed by atoms with Crippen molar-refractivity contribution < 1.29 is 4.79 Å². The molecule has 6 unspecified atom stereocenters. The molecule has 3 aliphatic carbocycles. The maximum absolute atomic E-state index is 12.4. The molecule has 0 heterocycles. The van der Waals surface area contributed by atoms with Crippen molar-refractivity contribution in [3.8, 4) is 0 Å². The van der Waals surface area contributed by atoms with Crippen molar-refractivity contribution in [3.63, 3.8) is 0 Å². The molecule has 0 aromatic heterocycles. The smallest absolute Gasteiger partial charge is 0.223 e. The number of hydrogen-bond donors (Lipinski definition) is 2. The standard InChI is InChI=1S/C16H28N2O/c1-10(15-8-11-5-6-12(15)7-11)18-16(19)14-4-2-3-13(14)9-17/h10-15H,2-9,17H2,1H3,(H,18,19). The molecule has 0 saturated heterocycles. The minimum absolute atomic E-state index is 0.186. The quantitative estimate of drug-likeness (QED) is 0.818. The molecule has 3 rings (SSSR count). The summed E-state index contributed by atoms with van der Waals surface area (Å²) in [6.07, 6.45) is 8.93. The molecule has 3 heteroatoms. The molecule has 2 bridgehead atoms. The highest BCUT2D eigenvalue weighted by molar-refractivity contribution is 5.79. The first-order chi connectivity index (χ1) is 9.19. The summed E-state index contributed by atoms with van der Waals surface area (Å²) in [7, 11) is 0. The topological polar surface area (TPSA) is 55.1 Å². The number of carbonyl (C=O) groups is 1. The van der Waals surface area contributed by atoms with Gasteiger partial charge < -0.3 is 11.1 Å². The van der Waals surface area contributed by atoms with Gasteiger partial charge in [-0.05, 0) is 69.2 Å². The van der Waals surface area contributed by atoms with Crippen LogP contribution < -0.4 is 11.1 Å². The molecular weight excluding hydrogens is 236 g/mol. The van der Waals surface area contributed by atoms with Gasteiger partial charge in [0.1, 0.15) is 0 Å². The Bertz CT molecular complexity index is 344. The Balaban J connectivity index is 1.54. The van der Waals surface area contributed by atoms with E-state index in [2.05, 4.69) is 12.2 Å². The second-order valence-corrected chi connectivity index (χ2v) is 7.17. The Morgan fingerprint density at radius 1 is 1.26 bits per heavy atom. The summed E-state index contributed by atoms with van der Waals surface area (Å²) >= 11 is 0. The fourth-order valence-corrected chi connectivity index (χ4v) is 5.01. The Morgan fingerprint density at radius 2 is 2.11 bits per heavy atom. The third-order valence-electron chi connectivity index (χ3n) is 6.10. The van der Waals surface area contributed by atoms with Gasteiger partial charge in [0.2, 0.25) is 5.91 Å². The van der Waals surface area contributed by atoms with Crippen molar-refractivity contribution in [1.29, 1.82) is 0 Å². The molecule has 3 saturated carbocycles. The molecule has 3 N–H and O–H groups in total. The van der Waals surface area contributed by atoms with Gasteiger partial charge in [-0.15, -0.1) is 0 Å². The maximum atomic E-state index is 12.4. The van der Waals surface area contributed by atoms with Crippen LogP contribution in [0.15, 0.2) is 0 Å². The van der Waals surface area contributed by atoms with E-state index in [-0.39, 0.29) is 11.8 Å². The first-order valence-corrected chi connectivity index (χ1v) is 8.19. The van der Waals surface area contributed by atoms with Gasteiger partial charge in [0.05, 0.1) is 0 Å². The zero-order chi connectivity index (χ0) is 13.4. The Hall–Kier alpha value is -0.570. The number of rotatable bonds is 4. The molecule has 0 aromatic rings. The van der Waals surface area contributed by atoms with Gasteiger partial charge in [-0.1, -0.05) is 12.8 Å². The molecule has 19 heavy (non-hydrogen) atoms. The number of hydrogen-bond acceptors (Lipinski definition) is 2. The molecule has 3 aliphatic rings. The first kappa shape index (κ1) is 13.4. The van der Waals surface area contributed by atoms with E-state index in [1.165, 1.54) is 32.1 Å². The van der Waals surface area contributed by atoms with Crippen LogP contribution in [-0.2, 0) is 4.79 Å². The lowest BCUT2D eigenvalue weighted by atomic mass is 9.83. The highest BCUT2D eigenvalue weighted by atomic mass is 16.2. The summed E-state index contributed by atoms with van der Waals surface area (Å²) in [5.74, 6) is 3.47. The number of amides is 1. The van der Waals surface area contributed by atoms with E-state index in [0.29, 0.717) is 18.5 Å². The summed E-state index contributed by atoms with van der Waals surface area (Å²) < 4.78 is 0. The summed E-state index contributed by atoms with van der Waals surface area (Å²) in [5.41, 5.74) is 5.78. The summed E-state index contributed by atoms with van der Waals surface area (Å²) in [6, 6.07) is 0.363. The first-order valence-electron chi connectivity index (χ1n) is 8.19. The van der Waals surface area contributed by atoms with E-state index in [1.54, 1.807) is 0 Å². The van der Waals surface area contributed by atoms with Crippen molar-refractivity contribution in [1.82, 2.24) is 5.32 Å². The van der Waals surface area contributed by atoms with Crippen molar-refractivity contribution in [2.45, 2.75) is 57.9 Å². The highest BCUT2D eigenvalue weighted by Gasteiger charge is 2.42. The van der Waals surface area contributed by atoms with Crippen LogP contribution >= 0.6 is 0 Å². The minimum Gasteiger partial charge on any atom is -0.353 e. The van der Waals surface area contributed by atoms with E-state index >= 15 is 0 Å². The van der Waals surface area contributed by atoms with Crippen LogP contribution in [0.3, 0.4) is 0 Å². The molecular formula is C16H28N2O. The Labute approximate surface area is 116 Å². The summed E-state index contributed by atoms with van der Waals surface area (Å²) in [5, 5.41) is 3.32. The largest absolute Gasteiger partial charge is 0.353 e. The van der Waals surface area contributed by atoms with Crippen molar-refractivity contribution in [3.05, 3.63) is 0 Å². The van der Waals surface area contributed by atoms with E-state index in [0.717, 1.165) is 30.6 Å².